The van der Waals surface area contributed by atoms with Gasteiger partial charge in [0.1, 0.15) is 5.82 Å². The number of aromatic nitrogens is 3. The zero-order valence-electron chi connectivity index (χ0n) is 12.6. The van der Waals surface area contributed by atoms with Gasteiger partial charge in [0.25, 0.3) is 0 Å². The zero-order valence-corrected chi connectivity index (χ0v) is 12.6. The van der Waals surface area contributed by atoms with Gasteiger partial charge in [-0.15, -0.1) is 0 Å². The smallest absolute Gasteiger partial charge is 0.173 e. The van der Waals surface area contributed by atoms with Crippen LogP contribution in [0.1, 0.15) is 5.69 Å². The average molecular weight is 326 g/mol. The molecule has 0 saturated carbocycles. The summed E-state index contributed by atoms with van der Waals surface area (Å²) in [7, 11) is 0. The highest BCUT2D eigenvalue weighted by Crippen LogP contribution is 2.39. The van der Waals surface area contributed by atoms with Gasteiger partial charge in [-0.05, 0) is 19.1 Å². The van der Waals surface area contributed by atoms with Crippen molar-refractivity contribution in [3.8, 4) is 17.0 Å². The minimum absolute atomic E-state index is 0.00734. The molecule has 0 bridgehead atoms. The maximum absolute atomic E-state index is 14.6. The lowest BCUT2D eigenvalue weighted by atomic mass is 9.99. The predicted octanol–water partition coefficient (Wildman–Crippen LogP) is 3.65. The molecule has 0 saturated heterocycles. The monoisotopic (exact) mass is 326 g/mol. The first-order valence-electron chi connectivity index (χ1n) is 7.18. The molecule has 5 nitrogen and oxygen atoms in total. The van der Waals surface area contributed by atoms with E-state index in [2.05, 4.69) is 15.2 Å². The number of hydrogen-bond donors (Lipinski definition) is 3. The summed E-state index contributed by atoms with van der Waals surface area (Å²) in [5.41, 5.74) is 7.84. The van der Waals surface area contributed by atoms with Crippen molar-refractivity contribution in [1.29, 1.82) is 0 Å². The third kappa shape index (κ3) is 1.91. The van der Waals surface area contributed by atoms with E-state index in [0.29, 0.717) is 28.0 Å². The Labute approximate surface area is 134 Å². The summed E-state index contributed by atoms with van der Waals surface area (Å²) >= 11 is 0. The molecule has 0 unspecified atom stereocenters. The molecule has 0 spiro atoms. The van der Waals surface area contributed by atoms with Crippen molar-refractivity contribution in [1.82, 2.24) is 15.2 Å². The van der Waals surface area contributed by atoms with Crippen LogP contribution >= 0.6 is 0 Å². The summed E-state index contributed by atoms with van der Waals surface area (Å²) in [5.74, 6) is -2.41. The number of halogens is 2. The number of benzene rings is 2. The van der Waals surface area contributed by atoms with Crippen LogP contribution < -0.4 is 5.73 Å². The van der Waals surface area contributed by atoms with Gasteiger partial charge >= 0.3 is 0 Å². The SMILES string of the molecule is Cc1n[nH]c2nc(-c3ccc(N)cc3)c3c(F)cc(O)c(F)c3c12. The summed E-state index contributed by atoms with van der Waals surface area (Å²) < 4.78 is 29.2. The summed E-state index contributed by atoms with van der Waals surface area (Å²) in [6.07, 6.45) is 0. The van der Waals surface area contributed by atoms with E-state index in [4.69, 9.17) is 5.73 Å². The van der Waals surface area contributed by atoms with Gasteiger partial charge < -0.3 is 10.8 Å². The fourth-order valence-corrected chi connectivity index (χ4v) is 2.90. The predicted molar refractivity (Wildman–Crippen MR) is 87.6 cm³/mol. The first-order chi connectivity index (χ1) is 11.5. The zero-order chi connectivity index (χ0) is 17.0. The maximum Gasteiger partial charge on any atom is 0.173 e. The van der Waals surface area contributed by atoms with Gasteiger partial charge in [-0.1, -0.05) is 12.1 Å². The number of nitrogens with two attached hydrogens (primary N) is 1. The van der Waals surface area contributed by atoms with Crippen LogP contribution in [-0.2, 0) is 0 Å². The molecule has 120 valence electrons. The highest BCUT2D eigenvalue weighted by atomic mass is 19.1. The number of aromatic hydroxyl groups is 1. The molecular weight excluding hydrogens is 314 g/mol. The fraction of sp³-hybridized carbons (Fsp3) is 0.0588. The Bertz CT molecular complexity index is 1100. The number of pyridine rings is 1. The molecule has 4 N–H and O–H groups in total. The molecule has 0 aliphatic carbocycles. The number of phenolic OH excluding ortho intramolecular Hbond substituents is 1. The molecule has 0 aliphatic rings. The molecule has 4 rings (SSSR count). The normalized spacial score (nSPS) is 11.5. The number of aryl methyl sites for hydroxylation is 1. The van der Waals surface area contributed by atoms with Crippen molar-refractivity contribution in [2.45, 2.75) is 6.92 Å². The Morgan fingerprint density at radius 1 is 1.08 bits per heavy atom. The Morgan fingerprint density at radius 2 is 1.79 bits per heavy atom. The van der Waals surface area contributed by atoms with Crippen LogP contribution in [-0.4, -0.2) is 20.3 Å². The van der Waals surface area contributed by atoms with Gasteiger partial charge in [-0.25, -0.2) is 13.8 Å². The molecule has 2 heterocycles. The number of nitrogens with zero attached hydrogens (tertiary/aromatic N) is 2. The number of rotatable bonds is 1. The molecule has 0 atom stereocenters. The lowest BCUT2D eigenvalue weighted by Crippen LogP contribution is -1.95. The van der Waals surface area contributed by atoms with E-state index in [1.165, 1.54) is 0 Å². The van der Waals surface area contributed by atoms with Gasteiger partial charge in [-0.3, -0.25) is 5.10 Å². The molecule has 0 aliphatic heterocycles. The van der Waals surface area contributed by atoms with Crippen LogP contribution in [0, 0.1) is 18.6 Å². The van der Waals surface area contributed by atoms with E-state index in [9.17, 15) is 13.9 Å². The van der Waals surface area contributed by atoms with E-state index in [0.717, 1.165) is 6.07 Å². The van der Waals surface area contributed by atoms with Crippen molar-refractivity contribution in [2.24, 2.45) is 0 Å². The van der Waals surface area contributed by atoms with Gasteiger partial charge in [0.05, 0.1) is 16.8 Å². The molecule has 0 fully saturated rings. The second-order valence-electron chi connectivity index (χ2n) is 5.56. The molecule has 0 amide bonds. The third-order valence-corrected chi connectivity index (χ3v) is 4.02. The molecule has 0 radical (unpaired) electrons. The van der Waals surface area contributed by atoms with Crippen LogP contribution in [0.3, 0.4) is 0 Å². The number of phenols is 1. The second-order valence-corrected chi connectivity index (χ2v) is 5.56. The van der Waals surface area contributed by atoms with Gasteiger partial charge in [0, 0.05) is 28.1 Å². The molecule has 2 aromatic heterocycles. The number of nitrogens with one attached hydrogen (secondary N) is 1. The Kier molecular flexibility index (Phi) is 2.93. The van der Waals surface area contributed by atoms with E-state index in [1.807, 2.05) is 0 Å². The van der Waals surface area contributed by atoms with Crippen molar-refractivity contribution >= 4 is 27.5 Å². The molecular formula is C17H12F2N4O. The summed E-state index contributed by atoms with van der Waals surface area (Å²) in [4.78, 5) is 4.41. The maximum atomic E-state index is 14.6. The number of anilines is 1. The largest absolute Gasteiger partial charge is 0.505 e. The van der Waals surface area contributed by atoms with Crippen LogP contribution in [0.5, 0.6) is 5.75 Å². The number of aromatic amines is 1. The number of hydrogen-bond acceptors (Lipinski definition) is 4. The lowest BCUT2D eigenvalue weighted by Gasteiger charge is -2.11. The Hall–Kier alpha value is -3.22. The quantitative estimate of drug-likeness (QED) is 0.466. The highest BCUT2D eigenvalue weighted by Gasteiger charge is 2.22. The first kappa shape index (κ1) is 14.4. The van der Waals surface area contributed by atoms with Crippen LogP contribution in [0.4, 0.5) is 14.5 Å². The van der Waals surface area contributed by atoms with E-state index < -0.39 is 17.4 Å². The van der Waals surface area contributed by atoms with E-state index >= 15 is 0 Å². The Morgan fingerprint density at radius 3 is 2.50 bits per heavy atom. The minimum Gasteiger partial charge on any atom is -0.505 e. The first-order valence-corrected chi connectivity index (χ1v) is 7.18. The number of H-pyrrole nitrogens is 1. The van der Waals surface area contributed by atoms with Crippen molar-refractivity contribution in [2.75, 3.05) is 5.73 Å². The lowest BCUT2D eigenvalue weighted by molar-refractivity contribution is 0.431. The highest BCUT2D eigenvalue weighted by molar-refractivity contribution is 6.12. The summed E-state index contributed by atoms with van der Waals surface area (Å²) in [6, 6.07) is 7.41. The molecule has 7 heteroatoms. The van der Waals surface area contributed by atoms with Crippen molar-refractivity contribution in [3.63, 3.8) is 0 Å². The second kappa shape index (κ2) is 4.89. The molecule has 24 heavy (non-hydrogen) atoms. The van der Waals surface area contributed by atoms with Crippen LogP contribution in [0.2, 0.25) is 0 Å². The van der Waals surface area contributed by atoms with Gasteiger partial charge in [-0.2, -0.15) is 5.10 Å². The standard InChI is InChI=1S/C17H12F2N4O/c1-7-12-14-13(10(18)6-11(24)15(14)19)16(21-17(12)23-22-7)8-2-4-9(20)5-3-8/h2-6,24H,20H2,1H3,(H,21,22,23). The van der Waals surface area contributed by atoms with Crippen molar-refractivity contribution < 1.29 is 13.9 Å². The fourth-order valence-electron chi connectivity index (χ4n) is 2.90. The number of fused-ring (bicyclic) bond motifs is 3. The van der Waals surface area contributed by atoms with Gasteiger partial charge in [0.2, 0.25) is 0 Å². The third-order valence-electron chi connectivity index (χ3n) is 4.02. The Balaban J connectivity index is 2.25. The summed E-state index contributed by atoms with van der Waals surface area (Å²) in [5, 5.41) is 16.7. The van der Waals surface area contributed by atoms with E-state index in [1.54, 1.807) is 31.2 Å². The van der Waals surface area contributed by atoms with Crippen LogP contribution in [0.15, 0.2) is 30.3 Å². The molecule has 2 aromatic carbocycles. The topological polar surface area (TPSA) is 87.8 Å². The van der Waals surface area contributed by atoms with E-state index in [-0.39, 0.29) is 16.5 Å². The average Bonchev–Trinajstić information content (AvgIpc) is 2.93. The van der Waals surface area contributed by atoms with Crippen molar-refractivity contribution in [3.05, 3.63) is 47.7 Å². The van der Waals surface area contributed by atoms with Gasteiger partial charge in [0.15, 0.2) is 17.2 Å². The van der Waals surface area contributed by atoms with Crippen LogP contribution in [0.25, 0.3) is 33.1 Å². The molecule has 4 aromatic rings. The summed E-state index contributed by atoms with van der Waals surface area (Å²) in [6.45, 7) is 1.66. The minimum atomic E-state index is -0.903. The number of nitrogen functional groups attached to an aromatic ring is 1.